The van der Waals surface area contributed by atoms with Crippen LogP contribution < -0.4 is 10.6 Å². The number of phenols is 2. The largest absolute Gasteiger partial charge is 0.504 e. The van der Waals surface area contributed by atoms with Gasteiger partial charge in [-0.2, -0.15) is 0 Å². The van der Waals surface area contributed by atoms with Crippen LogP contribution in [-0.4, -0.2) is 28.8 Å². The Morgan fingerprint density at radius 2 is 1.89 bits per heavy atom. The zero-order chi connectivity index (χ0) is 20.3. The van der Waals surface area contributed by atoms with Gasteiger partial charge in [-0.05, 0) is 31.2 Å². The van der Waals surface area contributed by atoms with Gasteiger partial charge in [0.2, 0.25) is 0 Å². The molecule has 1 aromatic carbocycles. The number of aromatic hydroxyl groups is 2. The highest BCUT2D eigenvalue weighted by Gasteiger charge is 2.35. The van der Waals surface area contributed by atoms with E-state index in [2.05, 4.69) is 10.6 Å². The molecule has 1 aromatic rings. The van der Waals surface area contributed by atoms with E-state index in [9.17, 15) is 24.2 Å². The molecule has 4 N–H and O–H groups in total. The summed E-state index contributed by atoms with van der Waals surface area (Å²) in [5, 5.41) is 24.3. The first-order valence-electron chi connectivity index (χ1n) is 9.59. The van der Waals surface area contributed by atoms with Crippen molar-refractivity contribution >= 4 is 12.0 Å². The SMILES string of the molecule is CCC1=C(C(=O)OCC2CCCCC2)C(c2cc(O)c(O)cc2F)NC(=O)N1. The van der Waals surface area contributed by atoms with Crippen molar-refractivity contribution in [3.63, 3.8) is 0 Å². The molecule has 3 rings (SSSR count). The number of urea groups is 1. The zero-order valence-corrected chi connectivity index (χ0v) is 15.8. The van der Waals surface area contributed by atoms with Gasteiger partial charge >= 0.3 is 12.0 Å². The Morgan fingerprint density at radius 3 is 2.57 bits per heavy atom. The fraction of sp³-hybridized carbons (Fsp3) is 0.500. The summed E-state index contributed by atoms with van der Waals surface area (Å²) in [6.45, 7) is 2.04. The number of amides is 2. The number of carbonyl (C=O) groups is 2. The van der Waals surface area contributed by atoms with Crippen LogP contribution in [-0.2, 0) is 9.53 Å². The zero-order valence-electron chi connectivity index (χ0n) is 15.8. The predicted molar refractivity (Wildman–Crippen MR) is 99.0 cm³/mol. The van der Waals surface area contributed by atoms with Crippen molar-refractivity contribution in [1.29, 1.82) is 0 Å². The maximum Gasteiger partial charge on any atom is 0.338 e. The molecule has 0 bridgehead atoms. The third-order valence-electron chi connectivity index (χ3n) is 5.31. The van der Waals surface area contributed by atoms with E-state index in [1.54, 1.807) is 6.92 Å². The number of nitrogens with one attached hydrogen (secondary N) is 2. The summed E-state index contributed by atoms with van der Waals surface area (Å²) < 4.78 is 20.0. The molecule has 28 heavy (non-hydrogen) atoms. The lowest BCUT2D eigenvalue weighted by Crippen LogP contribution is -2.46. The molecule has 2 amide bonds. The molecule has 1 atom stereocenters. The molecular formula is C20H25FN2O5. The summed E-state index contributed by atoms with van der Waals surface area (Å²) in [4.78, 5) is 24.9. The average molecular weight is 392 g/mol. The van der Waals surface area contributed by atoms with Crippen LogP contribution in [0.4, 0.5) is 9.18 Å². The number of benzene rings is 1. The number of hydrogen-bond donors (Lipinski definition) is 4. The summed E-state index contributed by atoms with van der Waals surface area (Å²) in [6, 6.07) is 0.0321. The van der Waals surface area contributed by atoms with Gasteiger partial charge in [-0.25, -0.2) is 14.0 Å². The van der Waals surface area contributed by atoms with Gasteiger partial charge in [-0.1, -0.05) is 26.2 Å². The quantitative estimate of drug-likeness (QED) is 0.454. The lowest BCUT2D eigenvalue weighted by Gasteiger charge is -2.30. The van der Waals surface area contributed by atoms with Gasteiger partial charge in [0.15, 0.2) is 11.5 Å². The molecule has 1 aliphatic carbocycles. The van der Waals surface area contributed by atoms with Crippen LogP contribution in [0.3, 0.4) is 0 Å². The Kier molecular flexibility index (Phi) is 6.06. The fourth-order valence-electron chi connectivity index (χ4n) is 3.78. The average Bonchev–Trinajstić information content (AvgIpc) is 2.69. The van der Waals surface area contributed by atoms with E-state index in [-0.39, 0.29) is 17.7 Å². The molecule has 7 nitrogen and oxygen atoms in total. The van der Waals surface area contributed by atoms with Crippen LogP contribution in [0, 0.1) is 11.7 Å². The van der Waals surface area contributed by atoms with E-state index in [0.717, 1.165) is 37.8 Å². The molecule has 0 radical (unpaired) electrons. The number of ether oxygens (including phenoxy) is 1. The second-order valence-corrected chi connectivity index (χ2v) is 7.24. The predicted octanol–water partition coefficient (Wildman–Crippen LogP) is 3.38. The van der Waals surface area contributed by atoms with E-state index in [4.69, 9.17) is 4.74 Å². The molecule has 0 saturated heterocycles. The smallest absolute Gasteiger partial charge is 0.338 e. The number of phenolic OH excluding ortho intramolecular Hbond substituents is 2. The third kappa shape index (κ3) is 4.21. The molecule has 8 heteroatoms. The van der Waals surface area contributed by atoms with Gasteiger partial charge in [-0.3, -0.25) is 0 Å². The van der Waals surface area contributed by atoms with Crippen LogP contribution in [0.2, 0.25) is 0 Å². The number of rotatable bonds is 5. The van der Waals surface area contributed by atoms with E-state index in [0.29, 0.717) is 18.0 Å². The standard InChI is InChI=1S/C20H25FN2O5/c1-2-14-17(19(26)28-10-11-6-4-3-5-7-11)18(23-20(27)22-14)12-8-15(24)16(25)9-13(12)21/h8-9,11,18,24-25H,2-7,10H2,1H3,(H2,22,23,27). The minimum atomic E-state index is -1.13. The van der Waals surface area contributed by atoms with Crippen LogP contribution in [0.25, 0.3) is 0 Å². The number of allylic oxidation sites excluding steroid dienone is 1. The van der Waals surface area contributed by atoms with Gasteiger partial charge in [0, 0.05) is 17.3 Å². The second-order valence-electron chi connectivity index (χ2n) is 7.24. The highest BCUT2D eigenvalue weighted by molar-refractivity contribution is 5.95. The first-order valence-corrected chi connectivity index (χ1v) is 9.59. The Hall–Kier alpha value is -2.77. The summed E-state index contributed by atoms with van der Waals surface area (Å²) >= 11 is 0. The molecular weight excluding hydrogens is 367 g/mol. The van der Waals surface area contributed by atoms with Crippen LogP contribution in [0.15, 0.2) is 23.4 Å². The number of halogens is 1. The normalized spacial score (nSPS) is 20.5. The molecule has 1 aliphatic heterocycles. The third-order valence-corrected chi connectivity index (χ3v) is 5.31. The highest BCUT2D eigenvalue weighted by Crippen LogP contribution is 2.36. The Balaban J connectivity index is 1.90. The van der Waals surface area contributed by atoms with Crippen molar-refractivity contribution in [2.75, 3.05) is 6.61 Å². The van der Waals surface area contributed by atoms with E-state index in [1.807, 2.05) is 0 Å². The van der Waals surface area contributed by atoms with E-state index >= 15 is 0 Å². The summed E-state index contributed by atoms with van der Waals surface area (Å²) in [5.41, 5.74) is 0.317. The van der Waals surface area contributed by atoms with Crippen molar-refractivity contribution in [3.05, 3.63) is 34.8 Å². The van der Waals surface area contributed by atoms with Crippen molar-refractivity contribution in [2.24, 2.45) is 5.92 Å². The molecule has 0 spiro atoms. The molecule has 1 heterocycles. The van der Waals surface area contributed by atoms with Gasteiger partial charge in [0.05, 0.1) is 18.2 Å². The first-order chi connectivity index (χ1) is 13.4. The summed E-state index contributed by atoms with van der Waals surface area (Å²) in [6.07, 6.45) is 5.77. The van der Waals surface area contributed by atoms with Crippen molar-refractivity contribution in [2.45, 2.75) is 51.5 Å². The fourth-order valence-corrected chi connectivity index (χ4v) is 3.78. The number of hydrogen-bond acceptors (Lipinski definition) is 5. The van der Waals surface area contributed by atoms with Crippen molar-refractivity contribution in [3.8, 4) is 11.5 Å². The Morgan fingerprint density at radius 1 is 1.21 bits per heavy atom. The summed E-state index contributed by atoms with van der Waals surface area (Å²) in [5.74, 6) is -2.34. The first kappa shape index (κ1) is 20.0. The lowest BCUT2D eigenvalue weighted by molar-refractivity contribution is -0.141. The van der Waals surface area contributed by atoms with E-state index in [1.165, 1.54) is 6.42 Å². The minimum absolute atomic E-state index is 0.0990. The van der Waals surface area contributed by atoms with Crippen LogP contribution in [0.1, 0.15) is 57.1 Å². The van der Waals surface area contributed by atoms with Crippen LogP contribution >= 0.6 is 0 Å². The maximum atomic E-state index is 14.5. The van der Waals surface area contributed by atoms with Gasteiger partial charge < -0.3 is 25.6 Å². The van der Waals surface area contributed by atoms with Gasteiger partial charge in [-0.15, -0.1) is 0 Å². The topological polar surface area (TPSA) is 108 Å². The number of esters is 1. The van der Waals surface area contributed by atoms with Crippen LogP contribution in [0.5, 0.6) is 11.5 Å². The Bertz CT molecular complexity index is 802. The lowest BCUT2D eigenvalue weighted by atomic mass is 9.90. The number of carbonyl (C=O) groups excluding carboxylic acids is 2. The second kappa shape index (κ2) is 8.50. The molecule has 2 aliphatic rings. The maximum absolute atomic E-state index is 14.5. The van der Waals surface area contributed by atoms with Crippen molar-refractivity contribution in [1.82, 2.24) is 10.6 Å². The van der Waals surface area contributed by atoms with E-state index < -0.39 is 35.4 Å². The highest BCUT2D eigenvalue weighted by atomic mass is 19.1. The molecule has 1 fully saturated rings. The monoisotopic (exact) mass is 392 g/mol. The Labute approximate surface area is 162 Å². The molecule has 152 valence electrons. The molecule has 0 aromatic heterocycles. The van der Waals surface area contributed by atoms with Gasteiger partial charge in [0.25, 0.3) is 0 Å². The van der Waals surface area contributed by atoms with Gasteiger partial charge in [0.1, 0.15) is 5.82 Å². The van der Waals surface area contributed by atoms with Crippen molar-refractivity contribution < 1.29 is 28.9 Å². The molecule has 1 unspecified atom stereocenters. The summed E-state index contributed by atoms with van der Waals surface area (Å²) in [7, 11) is 0. The minimum Gasteiger partial charge on any atom is -0.504 e. The molecule has 1 saturated carbocycles.